The number of benzene rings is 1. The van der Waals surface area contributed by atoms with Crippen LogP contribution in [0.15, 0.2) is 47.6 Å². The molecule has 154 valence electrons. The Hall–Kier alpha value is -2.25. The molecule has 4 rings (SSSR count). The fraction of sp³-hybridized carbons (Fsp3) is 0.455. The lowest BCUT2D eigenvalue weighted by molar-refractivity contribution is -0.684. The van der Waals surface area contributed by atoms with E-state index in [1.54, 1.807) is 28.6 Å². The molecule has 1 aliphatic carbocycles. The number of nitrogens with zero attached hydrogens (tertiary/aromatic N) is 2. The van der Waals surface area contributed by atoms with Crippen LogP contribution in [0.4, 0.5) is 5.69 Å². The zero-order chi connectivity index (χ0) is 20.3. The molecular formula is C22H28N3O3S+. The van der Waals surface area contributed by atoms with E-state index in [4.69, 9.17) is 0 Å². The number of fused-ring (bicyclic) bond motifs is 1. The van der Waals surface area contributed by atoms with Crippen LogP contribution in [-0.4, -0.2) is 31.7 Å². The van der Waals surface area contributed by atoms with Gasteiger partial charge in [-0.25, -0.2) is 8.42 Å². The summed E-state index contributed by atoms with van der Waals surface area (Å²) in [6, 6.07) is 8.66. The van der Waals surface area contributed by atoms with Gasteiger partial charge in [0.1, 0.15) is 0 Å². The summed E-state index contributed by atoms with van der Waals surface area (Å²) >= 11 is 0. The van der Waals surface area contributed by atoms with Crippen LogP contribution in [0.1, 0.15) is 43.2 Å². The maximum absolute atomic E-state index is 12.9. The highest BCUT2D eigenvalue weighted by atomic mass is 32.2. The minimum Gasteiger partial charge on any atom is -0.321 e. The average Bonchev–Trinajstić information content (AvgIpc) is 2.74. The van der Waals surface area contributed by atoms with Crippen molar-refractivity contribution in [2.45, 2.75) is 56.4 Å². The molecular weight excluding hydrogens is 386 g/mol. The number of carbonyl (C=O) groups is 1. The topological polar surface area (TPSA) is 70.4 Å². The van der Waals surface area contributed by atoms with Gasteiger partial charge in [-0.3, -0.25) is 4.79 Å². The molecule has 1 amide bonds. The van der Waals surface area contributed by atoms with Gasteiger partial charge in [0.15, 0.2) is 12.4 Å². The fourth-order valence-electron chi connectivity index (χ4n) is 4.17. The number of amides is 1. The smallest absolute Gasteiger partial charge is 0.290 e. The van der Waals surface area contributed by atoms with Gasteiger partial charge in [0.25, 0.3) is 5.91 Å². The maximum Gasteiger partial charge on any atom is 0.290 e. The van der Waals surface area contributed by atoms with Gasteiger partial charge in [-0.1, -0.05) is 12.5 Å². The number of anilines is 1. The Bertz CT molecular complexity index is 998. The summed E-state index contributed by atoms with van der Waals surface area (Å²) < 4.78 is 29.2. The first-order valence-electron chi connectivity index (χ1n) is 10.4. The molecule has 0 radical (unpaired) electrons. The first-order valence-corrected chi connectivity index (χ1v) is 11.9. The second-order valence-electron chi connectivity index (χ2n) is 7.92. The van der Waals surface area contributed by atoms with Crippen molar-refractivity contribution in [3.63, 3.8) is 0 Å². The third kappa shape index (κ3) is 4.67. The lowest BCUT2D eigenvalue weighted by atomic mass is 9.93. The first kappa shape index (κ1) is 20.0. The Kier molecular flexibility index (Phi) is 5.96. The quantitative estimate of drug-likeness (QED) is 0.765. The molecule has 2 aromatic rings. The number of carbonyl (C=O) groups excluding carboxylic acids is 1. The van der Waals surface area contributed by atoms with E-state index in [1.807, 2.05) is 10.8 Å². The van der Waals surface area contributed by atoms with E-state index in [0.29, 0.717) is 18.8 Å². The lowest BCUT2D eigenvalue weighted by Crippen LogP contribution is -2.40. The zero-order valence-electron chi connectivity index (χ0n) is 16.6. The number of hydrogen-bond acceptors (Lipinski definition) is 3. The fourth-order valence-corrected chi connectivity index (χ4v) is 5.74. The molecule has 1 saturated heterocycles. The van der Waals surface area contributed by atoms with Crippen molar-refractivity contribution in [1.29, 1.82) is 0 Å². The van der Waals surface area contributed by atoms with Crippen LogP contribution >= 0.6 is 0 Å². The number of aromatic nitrogens is 1. The van der Waals surface area contributed by atoms with Crippen LogP contribution < -0.4 is 9.88 Å². The highest BCUT2D eigenvalue weighted by Gasteiger charge is 2.26. The number of rotatable bonds is 5. The van der Waals surface area contributed by atoms with E-state index in [9.17, 15) is 13.2 Å². The van der Waals surface area contributed by atoms with Gasteiger partial charge in [-0.05, 0) is 62.3 Å². The molecule has 1 aromatic carbocycles. The normalized spacial score (nSPS) is 17.5. The predicted molar refractivity (Wildman–Crippen MR) is 111 cm³/mol. The van der Waals surface area contributed by atoms with Crippen molar-refractivity contribution < 1.29 is 17.8 Å². The van der Waals surface area contributed by atoms with Crippen LogP contribution in [0.3, 0.4) is 0 Å². The van der Waals surface area contributed by atoms with Crippen LogP contribution in [0, 0.1) is 0 Å². The summed E-state index contributed by atoms with van der Waals surface area (Å²) in [5, 5.41) is 2.84. The minimum absolute atomic E-state index is 0.168. The van der Waals surface area contributed by atoms with Crippen molar-refractivity contribution in [1.82, 2.24) is 4.31 Å². The van der Waals surface area contributed by atoms with Gasteiger partial charge in [-0.15, -0.1) is 0 Å². The molecule has 1 aromatic heterocycles. The van der Waals surface area contributed by atoms with E-state index in [-0.39, 0.29) is 17.3 Å². The van der Waals surface area contributed by atoms with E-state index in [1.165, 1.54) is 24.0 Å². The van der Waals surface area contributed by atoms with Gasteiger partial charge in [0.05, 0.1) is 4.90 Å². The average molecular weight is 415 g/mol. The van der Waals surface area contributed by atoms with E-state index in [0.717, 1.165) is 32.1 Å². The van der Waals surface area contributed by atoms with Crippen molar-refractivity contribution in [3.8, 4) is 0 Å². The second kappa shape index (κ2) is 8.63. The number of hydrogen-bond donors (Lipinski definition) is 1. The third-order valence-corrected chi connectivity index (χ3v) is 7.63. The van der Waals surface area contributed by atoms with Crippen molar-refractivity contribution in [2.24, 2.45) is 0 Å². The molecule has 1 fully saturated rings. The van der Waals surface area contributed by atoms with Gasteiger partial charge in [-0.2, -0.15) is 8.87 Å². The summed E-state index contributed by atoms with van der Waals surface area (Å²) in [7, 11) is -3.51. The minimum atomic E-state index is -3.51. The maximum atomic E-state index is 12.9. The number of pyridine rings is 1. The van der Waals surface area contributed by atoms with Gasteiger partial charge >= 0.3 is 0 Å². The zero-order valence-corrected chi connectivity index (χ0v) is 17.5. The largest absolute Gasteiger partial charge is 0.321 e. The molecule has 1 N–H and O–H groups in total. The Labute approximate surface area is 172 Å². The molecule has 7 heteroatoms. The Morgan fingerprint density at radius 1 is 1.00 bits per heavy atom. The summed E-state index contributed by atoms with van der Waals surface area (Å²) in [6.45, 7) is 1.33. The van der Waals surface area contributed by atoms with Crippen LogP contribution in [0.5, 0.6) is 0 Å². The number of aryl methyl sites for hydroxylation is 2. The van der Waals surface area contributed by atoms with Crippen molar-refractivity contribution >= 4 is 21.6 Å². The molecule has 0 bridgehead atoms. The summed E-state index contributed by atoms with van der Waals surface area (Å²) in [5.41, 5.74) is 3.20. The molecule has 2 aliphatic rings. The Morgan fingerprint density at radius 2 is 1.76 bits per heavy atom. The third-order valence-electron chi connectivity index (χ3n) is 5.74. The predicted octanol–water partition coefficient (Wildman–Crippen LogP) is 2.67. The van der Waals surface area contributed by atoms with Gasteiger partial charge in [0, 0.05) is 30.4 Å². The molecule has 0 saturated carbocycles. The summed E-state index contributed by atoms with van der Waals surface area (Å²) in [4.78, 5) is 12.8. The van der Waals surface area contributed by atoms with Gasteiger partial charge < -0.3 is 5.32 Å². The van der Waals surface area contributed by atoms with E-state index < -0.39 is 10.0 Å². The number of nitrogens with one attached hydrogen (secondary N) is 1. The summed E-state index contributed by atoms with van der Waals surface area (Å²) in [6.07, 6.45) is 11.5. The summed E-state index contributed by atoms with van der Waals surface area (Å²) in [5.74, 6) is -0.168. The molecule has 0 spiro atoms. The molecule has 0 unspecified atom stereocenters. The van der Waals surface area contributed by atoms with Crippen LogP contribution in [0.25, 0.3) is 0 Å². The SMILES string of the molecule is O=C(C[n+]1ccc2c(c1)CCCC2)Nc1cccc(S(=O)(=O)N2CCCCC2)c1. The molecule has 2 heterocycles. The Morgan fingerprint density at radius 3 is 2.55 bits per heavy atom. The second-order valence-corrected chi connectivity index (χ2v) is 9.85. The van der Waals surface area contributed by atoms with Crippen molar-refractivity contribution in [3.05, 3.63) is 53.9 Å². The standard InChI is InChI=1S/C22H27N3O3S/c26-22(17-24-14-11-18-7-2-3-8-19(18)16-24)23-20-9-6-10-21(15-20)29(27,28)25-12-4-1-5-13-25/h6,9-11,14-16H,1-5,7-8,12-13,17H2/p+1. The monoisotopic (exact) mass is 414 g/mol. The molecule has 29 heavy (non-hydrogen) atoms. The van der Waals surface area contributed by atoms with E-state index in [2.05, 4.69) is 17.6 Å². The first-order chi connectivity index (χ1) is 14.0. The molecule has 1 aliphatic heterocycles. The highest BCUT2D eigenvalue weighted by Crippen LogP contribution is 2.23. The molecule has 6 nitrogen and oxygen atoms in total. The molecule has 0 atom stereocenters. The van der Waals surface area contributed by atoms with Crippen molar-refractivity contribution in [2.75, 3.05) is 18.4 Å². The number of piperidine rings is 1. The van der Waals surface area contributed by atoms with Gasteiger partial charge in [0.2, 0.25) is 16.6 Å². The lowest BCUT2D eigenvalue weighted by Gasteiger charge is -2.26. The number of sulfonamides is 1. The van der Waals surface area contributed by atoms with Crippen LogP contribution in [-0.2, 0) is 34.2 Å². The van der Waals surface area contributed by atoms with Crippen LogP contribution in [0.2, 0.25) is 0 Å². The Balaban J connectivity index is 1.44. The highest BCUT2D eigenvalue weighted by molar-refractivity contribution is 7.89. The van der Waals surface area contributed by atoms with E-state index >= 15 is 0 Å².